The number of carbonyl (C=O) groups is 2. The molecule has 4 aromatic rings. The first-order chi connectivity index (χ1) is 16.6. The largest absolute Gasteiger partial charge is 0.489 e. The Bertz CT molecular complexity index is 1400. The molecule has 0 bridgehead atoms. The Labute approximate surface area is 202 Å². The van der Waals surface area contributed by atoms with Crippen LogP contribution >= 0.6 is 11.8 Å². The molecular weight excluding hydrogens is 442 g/mol. The summed E-state index contributed by atoms with van der Waals surface area (Å²) in [5.74, 6) is 0.491. The van der Waals surface area contributed by atoms with Crippen LogP contribution in [0.4, 0.5) is 4.79 Å². The minimum atomic E-state index is -0.257. The lowest BCUT2D eigenvalue weighted by molar-refractivity contribution is -0.123. The second-order valence-electron chi connectivity index (χ2n) is 8.25. The quantitative estimate of drug-likeness (QED) is 0.289. The Kier molecular flexibility index (Phi) is 6.19. The Hall–Kier alpha value is -3.83. The molecule has 0 unspecified atom stereocenters. The van der Waals surface area contributed by atoms with Gasteiger partial charge in [0.2, 0.25) is 0 Å². The van der Waals surface area contributed by atoms with E-state index in [0.29, 0.717) is 11.5 Å². The number of aryl methyl sites for hydroxylation is 1. The van der Waals surface area contributed by atoms with Crippen molar-refractivity contribution in [1.29, 1.82) is 0 Å². The monoisotopic (exact) mass is 465 g/mol. The number of rotatable bonds is 6. The molecule has 0 saturated carbocycles. The summed E-state index contributed by atoms with van der Waals surface area (Å²) in [5.41, 5.74) is 4.02. The number of thioether (sulfide) groups is 1. The number of ether oxygens (including phenoxy) is 1. The second-order valence-corrected chi connectivity index (χ2v) is 9.25. The molecule has 5 heteroatoms. The van der Waals surface area contributed by atoms with Gasteiger partial charge in [-0.05, 0) is 64.4 Å². The number of carbonyl (C=O) groups excluding carboxylic acids is 2. The zero-order valence-corrected chi connectivity index (χ0v) is 19.5. The maximum absolute atomic E-state index is 12.8. The van der Waals surface area contributed by atoms with Crippen LogP contribution in [-0.4, -0.2) is 16.0 Å². The molecule has 1 aliphatic rings. The van der Waals surface area contributed by atoms with Gasteiger partial charge in [0, 0.05) is 0 Å². The second kappa shape index (κ2) is 9.57. The molecule has 0 radical (unpaired) electrons. The van der Waals surface area contributed by atoms with Crippen LogP contribution in [-0.2, 0) is 17.9 Å². The highest BCUT2D eigenvalue weighted by Gasteiger charge is 2.34. The summed E-state index contributed by atoms with van der Waals surface area (Å²) in [5, 5.41) is 2.13. The van der Waals surface area contributed by atoms with E-state index in [2.05, 4.69) is 24.3 Å². The topological polar surface area (TPSA) is 46.6 Å². The molecule has 0 N–H and O–H groups in total. The SMILES string of the molecule is Cc1cccc(CN2C(=O)S/C(=C\c3ccc(OCc4cccc5ccccc45)cc3)C2=O)c1. The molecule has 1 fully saturated rings. The number of hydrogen-bond acceptors (Lipinski definition) is 4. The number of imide groups is 1. The zero-order chi connectivity index (χ0) is 23.5. The summed E-state index contributed by atoms with van der Waals surface area (Å²) in [6.07, 6.45) is 1.76. The first kappa shape index (κ1) is 22.0. The minimum absolute atomic E-state index is 0.243. The lowest BCUT2D eigenvalue weighted by atomic mass is 10.1. The highest BCUT2D eigenvalue weighted by molar-refractivity contribution is 8.18. The molecule has 5 rings (SSSR count). The molecule has 2 amide bonds. The number of hydrogen-bond donors (Lipinski definition) is 0. The van der Waals surface area contributed by atoms with E-state index in [-0.39, 0.29) is 17.7 Å². The van der Waals surface area contributed by atoms with E-state index < -0.39 is 0 Å². The molecule has 0 aromatic heterocycles. The normalized spacial score (nSPS) is 14.9. The van der Waals surface area contributed by atoms with Gasteiger partial charge in [0.25, 0.3) is 11.1 Å². The maximum atomic E-state index is 12.8. The summed E-state index contributed by atoms with van der Waals surface area (Å²) >= 11 is 0.980. The molecule has 4 nitrogen and oxygen atoms in total. The molecule has 4 aromatic carbocycles. The van der Waals surface area contributed by atoms with Crippen LogP contribution in [0.15, 0.2) is 95.9 Å². The lowest BCUT2D eigenvalue weighted by Crippen LogP contribution is -2.27. The standard InChI is InChI=1S/C29H23NO3S/c1-20-6-4-7-22(16-20)18-30-28(31)27(34-29(30)32)17-21-12-14-25(15-13-21)33-19-24-10-5-9-23-8-2-3-11-26(23)24/h2-17H,18-19H2,1H3/b27-17-. The molecule has 0 aliphatic carbocycles. The smallest absolute Gasteiger partial charge is 0.293 e. The van der Waals surface area contributed by atoms with Crippen LogP contribution in [0.1, 0.15) is 22.3 Å². The predicted molar refractivity (Wildman–Crippen MR) is 137 cm³/mol. The van der Waals surface area contributed by atoms with Crippen LogP contribution in [0.3, 0.4) is 0 Å². The van der Waals surface area contributed by atoms with Gasteiger partial charge in [0.05, 0.1) is 11.4 Å². The average molecular weight is 466 g/mol. The van der Waals surface area contributed by atoms with Crippen molar-refractivity contribution in [3.8, 4) is 5.75 Å². The summed E-state index contributed by atoms with van der Waals surface area (Å²) in [4.78, 5) is 27.0. The first-order valence-corrected chi connectivity index (χ1v) is 11.9. The van der Waals surface area contributed by atoms with Crippen molar-refractivity contribution in [3.05, 3.63) is 118 Å². The fraction of sp³-hybridized carbons (Fsp3) is 0.103. The van der Waals surface area contributed by atoms with Crippen LogP contribution in [0, 0.1) is 6.92 Å². The number of nitrogens with zero attached hydrogens (tertiary/aromatic N) is 1. The summed E-state index contributed by atoms with van der Waals surface area (Å²) in [7, 11) is 0. The van der Waals surface area contributed by atoms with Crippen molar-refractivity contribution in [2.24, 2.45) is 0 Å². The zero-order valence-electron chi connectivity index (χ0n) is 18.7. The number of amides is 2. The van der Waals surface area contributed by atoms with Crippen LogP contribution in [0.25, 0.3) is 16.8 Å². The van der Waals surface area contributed by atoms with Gasteiger partial charge in [0.15, 0.2) is 0 Å². The van der Waals surface area contributed by atoms with Crippen molar-refractivity contribution < 1.29 is 14.3 Å². The maximum Gasteiger partial charge on any atom is 0.293 e. The lowest BCUT2D eigenvalue weighted by Gasteiger charge is -2.12. The van der Waals surface area contributed by atoms with Crippen molar-refractivity contribution in [1.82, 2.24) is 4.90 Å². The van der Waals surface area contributed by atoms with Gasteiger partial charge < -0.3 is 4.74 Å². The van der Waals surface area contributed by atoms with Gasteiger partial charge in [0.1, 0.15) is 12.4 Å². The van der Waals surface area contributed by atoms with Gasteiger partial charge in [-0.3, -0.25) is 14.5 Å². The highest BCUT2D eigenvalue weighted by atomic mass is 32.2. The fourth-order valence-corrected chi connectivity index (χ4v) is 4.86. The van der Waals surface area contributed by atoms with Crippen molar-refractivity contribution in [2.45, 2.75) is 20.1 Å². The van der Waals surface area contributed by atoms with Crippen molar-refractivity contribution in [2.75, 3.05) is 0 Å². The van der Waals surface area contributed by atoms with Crippen LogP contribution in [0.5, 0.6) is 5.75 Å². The van der Waals surface area contributed by atoms with E-state index >= 15 is 0 Å². The van der Waals surface area contributed by atoms with E-state index in [1.54, 1.807) is 6.08 Å². The molecule has 34 heavy (non-hydrogen) atoms. The molecule has 0 atom stereocenters. The van der Waals surface area contributed by atoms with E-state index in [0.717, 1.165) is 39.8 Å². The summed E-state index contributed by atoms with van der Waals surface area (Å²) in [6, 6.07) is 29.9. The van der Waals surface area contributed by atoms with Gasteiger partial charge in [-0.25, -0.2) is 0 Å². The van der Waals surface area contributed by atoms with Crippen molar-refractivity contribution >= 4 is 39.8 Å². The predicted octanol–water partition coefficient (Wildman–Crippen LogP) is 6.96. The summed E-state index contributed by atoms with van der Waals surface area (Å²) < 4.78 is 6.00. The van der Waals surface area contributed by atoms with Gasteiger partial charge in [-0.1, -0.05) is 84.4 Å². The van der Waals surface area contributed by atoms with Gasteiger partial charge in [-0.2, -0.15) is 0 Å². The molecule has 1 saturated heterocycles. The number of fused-ring (bicyclic) bond motifs is 1. The van der Waals surface area contributed by atoms with Gasteiger partial charge in [-0.15, -0.1) is 0 Å². The minimum Gasteiger partial charge on any atom is -0.489 e. The van der Waals surface area contributed by atoms with E-state index in [9.17, 15) is 9.59 Å². The fourth-order valence-electron chi connectivity index (χ4n) is 4.02. The van der Waals surface area contributed by atoms with Crippen LogP contribution < -0.4 is 4.74 Å². The van der Waals surface area contributed by atoms with Gasteiger partial charge >= 0.3 is 0 Å². The third kappa shape index (κ3) is 4.75. The Balaban J connectivity index is 1.26. The average Bonchev–Trinajstić information content (AvgIpc) is 3.11. The number of benzene rings is 4. The van der Waals surface area contributed by atoms with E-state index in [1.807, 2.05) is 73.7 Å². The molecule has 168 valence electrons. The molecule has 0 spiro atoms. The third-order valence-corrected chi connectivity index (χ3v) is 6.66. The molecule has 1 heterocycles. The Morgan fingerprint density at radius 1 is 0.882 bits per heavy atom. The third-order valence-electron chi connectivity index (χ3n) is 5.75. The highest BCUT2D eigenvalue weighted by Crippen LogP contribution is 2.33. The van der Waals surface area contributed by atoms with Crippen molar-refractivity contribution in [3.63, 3.8) is 0 Å². The Morgan fingerprint density at radius 3 is 2.47 bits per heavy atom. The van der Waals surface area contributed by atoms with E-state index in [4.69, 9.17) is 4.74 Å². The van der Waals surface area contributed by atoms with E-state index in [1.165, 1.54) is 15.7 Å². The molecular formula is C29H23NO3S. The Morgan fingerprint density at radius 2 is 1.65 bits per heavy atom. The summed E-state index contributed by atoms with van der Waals surface area (Å²) in [6.45, 7) is 2.75. The first-order valence-electron chi connectivity index (χ1n) is 11.1. The van der Waals surface area contributed by atoms with Crippen LogP contribution in [0.2, 0.25) is 0 Å². The molecule has 1 aliphatic heterocycles.